The van der Waals surface area contributed by atoms with E-state index in [0.717, 1.165) is 6.42 Å². The van der Waals surface area contributed by atoms with E-state index in [0.29, 0.717) is 17.9 Å². The number of fused-ring (bicyclic) bond motifs is 1. The number of nitrogens with zero attached hydrogens (tertiary/aromatic N) is 1. The summed E-state index contributed by atoms with van der Waals surface area (Å²) in [5, 5.41) is 2.97. The molecule has 1 N–H and O–H groups in total. The van der Waals surface area contributed by atoms with Gasteiger partial charge in [0.2, 0.25) is 5.91 Å². The Hall–Kier alpha value is -1.43. The van der Waals surface area contributed by atoms with Gasteiger partial charge in [0.15, 0.2) is 0 Å². The SMILES string of the molecule is CCOC(=O)N1C(=O)C2CCCNC2C1=O. The molecule has 3 amide bonds. The number of hydrogen-bond donors (Lipinski definition) is 1. The zero-order valence-corrected chi connectivity index (χ0v) is 9.06. The van der Waals surface area contributed by atoms with Crippen LogP contribution in [0.5, 0.6) is 0 Å². The Morgan fingerprint density at radius 1 is 1.50 bits per heavy atom. The average Bonchev–Trinajstić information content (AvgIpc) is 2.53. The van der Waals surface area contributed by atoms with Crippen LogP contribution in [-0.2, 0) is 14.3 Å². The van der Waals surface area contributed by atoms with Gasteiger partial charge in [0, 0.05) is 0 Å². The lowest BCUT2D eigenvalue weighted by atomic mass is 9.93. The Balaban J connectivity index is 2.18. The highest BCUT2D eigenvalue weighted by molar-refractivity contribution is 6.17. The number of ether oxygens (including phenoxy) is 1. The number of rotatable bonds is 1. The van der Waals surface area contributed by atoms with Crippen molar-refractivity contribution in [3.63, 3.8) is 0 Å². The Morgan fingerprint density at radius 3 is 2.88 bits per heavy atom. The van der Waals surface area contributed by atoms with E-state index in [2.05, 4.69) is 5.32 Å². The van der Waals surface area contributed by atoms with Gasteiger partial charge in [-0.05, 0) is 26.3 Å². The molecule has 6 heteroatoms. The first-order valence-electron chi connectivity index (χ1n) is 5.44. The summed E-state index contributed by atoms with van der Waals surface area (Å²) in [6.07, 6.45) is 0.642. The van der Waals surface area contributed by atoms with Gasteiger partial charge in [-0.25, -0.2) is 4.79 Å². The van der Waals surface area contributed by atoms with E-state index < -0.39 is 29.9 Å². The number of amides is 3. The second-order valence-electron chi connectivity index (χ2n) is 3.89. The standard InChI is InChI=1S/C10H14N2O4/c1-2-16-10(15)12-8(13)6-4-3-5-11-7(6)9(12)14/h6-7,11H,2-5H2,1H3. The summed E-state index contributed by atoms with van der Waals surface area (Å²) in [5.74, 6) is -1.31. The summed E-state index contributed by atoms with van der Waals surface area (Å²) >= 11 is 0. The van der Waals surface area contributed by atoms with Crippen molar-refractivity contribution in [1.29, 1.82) is 0 Å². The molecule has 2 heterocycles. The first-order valence-corrected chi connectivity index (χ1v) is 5.44. The Labute approximate surface area is 92.9 Å². The molecule has 2 rings (SSSR count). The van der Waals surface area contributed by atoms with Crippen molar-refractivity contribution >= 4 is 17.9 Å². The van der Waals surface area contributed by atoms with Crippen LogP contribution in [0, 0.1) is 5.92 Å². The fraction of sp³-hybridized carbons (Fsp3) is 0.700. The molecule has 0 bridgehead atoms. The minimum atomic E-state index is -0.853. The lowest BCUT2D eigenvalue weighted by Crippen LogP contribution is -2.45. The average molecular weight is 226 g/mol. The van der Waals surface area contributed by atoms with Gasteiger partial charge in [-0.2, -0.15) is 4.90 Å². The van der Waals surface area contributed by atoms with Crippen molar-refractivity contribution in [2.75, 3.05) is 13.2 Å². The lowest BCUT2D eigenvalue weighted by Gasteiger charge is -2.21. The van der Waals surface area contributed by atoms with Gasteiger partial charge < -0.3 is 10.1 Å². The fourth-order valence-corrected chi connectivity index (χ4v) is 2.20. The quantitative estimate of drug-likeness (QED) is 0.631. The topological polar surface area (TPSA) is 75.7 Å². The second kappa shape index (κ2) is 4.21. The molecule has 2 atom stereocenters. The lowest BCUT2D eigenvalue weighted by molar-refractivity contribution is -0.137. The van der Waals surface area contributed by atoms with E-state index in [1.807, 2.05) is 0 Å². The predicted molar refractivity (Wildman–Crippen MR) is 53.4 cm³/mol. The zero-order valence-electron chi connectivity index (χ0n) is 9.06. The molecule has 2 saturated heterocycles. The van der Waals surface area contributed by atoms with Gasteiger partial charge in [0.25, 0.3) is 5.91 Å². The molecular weight excluding hydrogens is 212 g/mol. The molecule has 0 saturated carbocycles. The molecule has 88 valence electrons. The highest BCUT2D eigenvalue weighted by atomic mass is 16.6. The van der Waals surface area contributed by atoms with Crippen LogP contribution in [0.25, 0.3) is 0 Å². The van der Waals surface area contributed by atoms with Crippen molar-refractivity contribution in [3.8, 4) is 0 Å². The normalized spacial score (nSPS) is 29.2. The molecular formula is C10H14N2O4. The molecule has 0 aliphatic carbocycles. The van der Waals surface area contributed by atoms with E-state index in [1.54, 1.807) is 6.92 Å². The van der Waals surface area contributed by atoms with Crippen LogP contribution in [0.1, 0.15) is 19.8 Å². The Morgan fingerprint density at radius 2 is 2.25 bits per heavy atom. The van der Waals surface area contributed by atoms with Crippen LogP contribution in [-0.4, -0.2) is 42.0 Å². The second-order valence-corrected chi connectivity index (χ2v) is 3.89. The van der Waals surface area contributed by atoms with E-state index in [-0.39, 0.29) is 6.61 Å². The van der Waals surface area contributed by atoms with Crippen molar-refractivity contribution in [2.45, 2.75) is 25.8 Å². The van der Waals surface area contributed by atoms with E-state index >= 15 is 0 Å². The molecule has 6 nitrogen and oxygen atoms in total. The monoisotopic (exact) mass is 226 g/mol. The highest BCUT2D eigenvalue weighted by Crippen LogP contribution is 2.27. The molecule has 2 fully saturated rings. The van der Waals surface area contributed by atoms with Crippen LogP contribution >= 0.6 is 0 Å². The zero-order chi connectivity index (χ0) is 11.7. The summed E-state index contributed by atoms with van der Waals surface area (Å²) in [4.78, 5) is 35.7. The van der Waals surface area contributed by atoms with Gasteiger partial charge in [-0.3, -0.25) is 9.59 Å². The smallest absolute Gasteiger partial charge is 0.423 e. The van der Waals surface area contributed by atoms with Gasteiger partial charge in [0.1, 0.15) is 0 Å². The maximum absolute atomic E-state index is 11.8. The molecule has 0 aromatic carbocycles. The number of imide groups is 3. The van der Waals surface area contributed by atoms with Gasteiger partial charge in [-0.1, -0.05) is 0 Å². The molecule has 0 radical (unpaired) electrons. The van der Waals surface area contributed by atoms with Gasteiger partial charge >= 0.3 is 6.09 Å². The van der Waals surface area contributed by atoms with Crippen LogP contribution in [0.4, 0.5) is 4.79 Å². The van der Waals surface area contributed by atoms with Crippen molar-refractivity contribution in [1.82, 2.24) is 10.2 Å². The van der Waals surface area contributed by atoms with E-state index in [4.69, 9.17) is 4.74 Å². The number of likely N-dealkylation sites (tertiary alicyclic amines) is 1. The van der Waals surface area contributed by atoms with E-state index in [9.17, 15) is 14.4 Å². The summed E-state index contributed by atoms with van der Waals surface area (Å²) in [5.41, 5.74) is 0. The summed E-state index contributed by atoms with van der Waals surface area (Å²) in [7, 11) is 0. The summed E-state index contributed by atoms with van der Waals surface area (Å²) in [6.45, 7) is 2.49. The third kappa shape index (κ3) is 1.59. The first-order chi connectivity index (χ1) is 7.66. The number of carbonyl (C=O) groups excluding carboxylic acids is 3. The number of hydrogen-bond acceptors (Lipinski definition) is 5. The molecule has 16 heavy (non-hydrogen) atoms. The number of carbonyl (C=O) groups is 3. The van der Waals surface area contributed by atoms with Crippen LogP contribution in [0.15, 0.2) is 0 Å². The Bertz CT molecular complexity index is 318. The molecule has 0 spiro atoms. The maximum atomic E-state index is 11.8. The molecule has 2 aliphatic heterocycles. The minimum absolute atomic E-state index is 0.151. The van der Waals surface area contributed by atoms with E-state index in [1.165, 1.54) is 0 Å². The molecule has 2 aliphatic rings. The minimum Gasteiger partial charge on any atom is -0.449 e. The summed E-state index contributed by atoms with van der Waals surface area (Å²) in [6, 6.07) is -0.536. The van der Waals surface area contributed by atoms with Gasteiger partial charge in [-0.15, -0.1) is 0 Å². The van der Waals surface area contributed by atoms with Crippen LogP contribution < -0.4 is 5.32 Å². The fourth-order valence-electron chi connectivity index (χ4n) is 2.20. The predicted octanol–water partition coefficient (Wildman–Crippen LogP) is -0.120. The Kier molecular flexibility index (Phi) is 2.91. The number of nitrogens with one attached hydrogen (secondary N) is 1. The van der Waals surface area contributed by atoms with Crippen molar-refractivity contribution < 1.29 is 19.1 Å². The van der Waals surface area contributed by atoms with Crippen molar-refractivity contribution in [2.24, 2.45) is 5.92 Å². The van der Waals surface area contributed by atoms with Crippen LogP contribution in [0.2, 0.25) is 0 Å². The molecule has 0 aromatic heterocycles. The third-order valence-electron chi connectivity index (χ3n) is 2.93. The van der Waals surface area contributed by atoms with Crippen molar-refractivity contribution in [3.05, 3.63) is 0 Å². The molecule has 0 aromatic rings. The molecule has 2 unspecified atom stereocenters. The third-order valence-corrected chi connectivity index (χ3v) is 2.93. The maximum Gasteiger partial charge on any atom is 0.423 e. The van der Waals surface area contributed by atoms with Crippen LogP contribution in [0.3, 0.4) is 0 Å². The summed E-state index contributed by atoms with van der Waals surface area (Å²) < 4.78 is 4.69. The first kappa shape index (κ1) is 11.1. The largest absolute Gasteiger partial charge is 0.449 e. The van der Waals surface area contributed by atoms with Gasteiger partial charge in [0.05, 0.1) is 18.6 Å². The number of piperidine rings is 1. The highest BCUT2D eigenvalue weighted by Gasteiger charge is 2.51.